The van der Waals surface area contributed by atoms with Gasteiger partial charge in [-0.05, 0) is 36.8 Å². The number of hydrazone groups is 1. The number of amides is 2. The Morgan fingerprint density at radius 2 is 1.79 bits per heavy atom. The molecule has 148 valence electrons. The SMILES string of the molecule is COc1ccc(C(=O)N/N=C(/C)CC(=O)NCc2ccc(Cl)cc2)c(OC)c1. The zero-order chi connectivity index (χ0) is 20.5. The van der Waals surface area contributed by atoms with Crippen LogP contribution in [-0.4, -0.2) is 31.7 Å². The highest BCUT2D eigenvalue weighted by atomic mass is 35.5. The molecule has 8 heteroatoms. The third-order valence-electron chi connectivity index (χ3n) is 3.82. The molecule has 2 aromatic carbocycles. The van der Waals surface area contributed by atoms with Gasteiger partial charge in [0.2, 0.25) is 5.91 Å². The zero-order valence-electron chi connectivity index (χ0n) is 15.9. The number of hydrogen-bond acceptors (Lipinski definition) is 5. The summed E-state index contributed by atoms with van der Waals surface area (Å²) < 4.78 is 10.3. The Balaban J connectivity index is 1.88. The van der Waals surface area contributed by atoms with Crippen LogP contribution in [0.1, 0.15) is 29.3 Å². The second-order valence-electron chi connectivity index (χ2n) is 5.93. The summed E-state index contributed by atoms with van der Waals surface area (Å²) in [6.07, 6.45) is 0.0631. The molecule has 2 rings (SSSR count). The van der Waals surface area contributed by atoms with Crippen LogP contribution in [0.2, 0.25) is 5.02 Å². The first kappa shape index (κ1) is 21.2. The average molecular weight is 404 g/mol. The molecule has 28 heavy (non-hydrogen) atoms. The van der Waals surface area contributed by atoms with Crippen LogP contribution in [0, 0.1) is 0 Å². The van der Waals surface area contributed by atoms with Crippen LogP contribution in [0.3, 0.4) is 0 Å². The first-order valence-corrected chi connectivity index (χ1v) is 8.87. The van der Waals surface area contributed by atoms with Crippen LogP contribution in [0.4, 0.5) is 0 Å². The number of carbonyl (C=O) groups is 2. The Morgan fingerprint density at radius 3 is 2.43 bits per heavy atom. The van der Waals surface area contributed by atoms with Gasteiger partial charge in [-0.15, -0.1) is 0 Å². The Kier molecular flexibility index (Phi) is 7.83. The van der Waals surface area contributed by atoms with Gasteiger partial charge in [0.1, 0.15) is 11.5 Å². The molecule has 0 saturated carbocycles. The van der Waals surface area contributed by atoms with Gasteiger partial charge < -0.3 is 14.8 Å². The van der Waals surface area contributed by atoms with Gasteiger partial charge >= 0.3 is 0 Å². The van der Waals surface area contributed by atoms with E-state index in [-0.39, 0.29) is 12.3 Å². The second-order valence-corrected chi connectivity index (χ2v) is 6.37. The monoisotopic (exact) mass is 403 g/mol. The summed E-state index contributed by atoms with van der Waals surface area (Å²) in [6.45, 7) is 2.05. The maximum Gasteiger partial charge on any atom is 0.275 e. The lowest BCUT2D eigenvalue weighted by atomic mass is 10.2. The van der Waals surface area contributed by atoms with E-state index in [0.717, 1.165) is 5.56 Å². The Hall–Kier alpha value is -3.06. The fraction of sp³-hybridized carbons (Fsp3) is 0.250. The third-order valence-corrected chi connectivity index (χ3v) is 4.07. The highest BCUT2D eigenvalue weighted by Gasteiger charge is 2.13. The predicted molar refractivity (Wildman–Crippen MR) is 108 cm³/mol. The zero-order valence-corrected chi connectivity index (χ0v) is 16.7. The number of nitrogens with zero attached hydrogens (tertiary/aromatic N) is 1. The Bertz CT molecular complexity index is 866. The number of halogens is 1. The van der Waals surface area contributed by atoms with Gasteiger partial charge in [-0.3, -0.25) is 9.59 Å². The Labute approximate surface area is 168 Å². The number of nitrogens with one attached hydrogen (secondary N) is 2. The maximum absolute atomic E-state index is 12.3. The van der Waals surface area contributed by atoms with Gasteiger partial charge in [-0.1, -0.05) is 23.7 Å². The van der Waals surface area contributed by atoms with Gasteiger partial charge in [0.25, 0.3) is 5.91 Å². The minimum absolute atomic E-state index is 0.0631. The summed E-state index contributed by atoms with van der Waals surface area (Å²) in [5, 5.41) is 7.41. The molecule has 0 atom stereocenters. The average Bonchev–Trinajstić information content (AvgIpc) is 2.71. The number of methoxy groups -OCH3 is 2. The van der Waals surface area contributed by atoms with E-state index in [9.17, 15) is 9.59 Å². The number of ether oxygens (including phenoxy) is 2. The van der Waals surface area contributed by atoms with Crippen molar-refractivity contribution in [2.24, 2.45) is 5.10 Å². The van der Waals surface area contributed by atoms with E-state index in [0.29, 0.717) is 34.3 Å². The largest absolute Gasteiger partial charge is 0.497 e. The smallest absolute Gasteiger partial charge is 0.275 e. The summed E-state index contributed by atoms with van der Waals surface area (Å²) in [6, 6.07) is 12.0. The lowest BCUT2D eigenvalue weighted by Crippen LogP contribution is -2.26. The molecule has 0 aliphatic carbocycles. The fourth-order valence-electron chi connectivity index (χ4n) is 2.33. The van der Waals surface area contributed by atoms with Crippen molar-refractivity contribution in [3.8, 4) is 11.5 Å². The molecule has 7 nitrogen and oxygen atoms in total. The summed E-state index contributed by atoms with van der Waals surface area (Å²) in [4.78, 5) is 24.3. The first-order valence-electron chi connectivity index (χ1n) is 8.49. The van der Waals surface area contributed by atoms with E-state index in [4.69, 9.17) is 21.1 Å². The molecule has 0 radical (unpaired) electrons. The van der Waals surface area contributed by atoms with Crippen molar-refractivity contribution in [3.63, 3.8) is 0 Å². The van der Waals surface area contributed by atoms with Crippen molar-refractivity contribution in [2.75, 3.05) is 14.2 Å². The maximum atomic E-state index is 12.3. The molecule has 2 N–H and O–H groups in total. The van der Waals surface area contributed by atoms with Crippen LogP contribution >= 0.6 is 11.6 Å². The fourth-order valence-corrected chi connectivity index (χ4v) is 2.46. The van der Waals surface area contributed by atoms with Crippen molar-refractivity contribution in [2.45, 2.75) is 19.9 Å². The molecular formula is C20H22ClN3O4. The number of hydrogen-bond donors (Lipinski definition) is 2. The number of rotatable bonds is 8. The van der Waals surface area contributed by atoms with E-state index < -0.39 is 5.91 Å². The van der Waals surface area contributed by atoms with Crippen molar-refractivity contribution < 1.29 is 19.1 Å². The number of benzene rings is 2. The third kappa shape index (κ3) is 6.28. The molecule has 0 heterocycles. The topological polar surface area (TPSA) is 89.0 Å². The lowest BCUT2D eigenvalue weighted by molar-refractivity contribution is -0.120. The molecule has 2 aromatic rings. The first-order chi connectivity index (χ1) is 13.4. The molecule has 0 aliphatic heterocycles. The van der Waals surface area contributed by atoms with E-state index in [1.165, 1.54) is 14.2 Å². The van der Waals surface area contributed by atoms with Gasteiger partial charge in [0.05, 0.1) is 26.2 Å². The minimum Gasteiger partial charge on any atom is -0.497 e. The molecule has 0 unspecified atom stereocenters. The molecule has 0 saturated heterocycles. The molecule has 0 aromatic heterocycles. The summed E-state index contributed by atoms with van der Waals surface area (Å²) >= 11 is 5.83. The molecular weight excluding hydrogens is 382 g/mol. The van der Waals surface area contributed by atoms with Crippen LogP contribution in [0.5, 0.6) is 11.5 Å². The molecule has 0 fully saturated rings. The molecule has 0 bridgehead atoms. The molecule has 0 aliphatic rings. The minimum atomic E-state index is -0.444. The van der Waals surface area contributed by atoms with Crippen molar-refractivity contribution in [1.82, 2.24) is 10.7 Å². The van der Waals surface area contributed by atoms with Gasteiger partial charge in [0, 0.05) is 23.3 Å². The van der Waals surface area contributed by atoms with Crippen molar-refractivity contribution >= 4 is 29.1 Å². The van der Waals surface area contributed by atoms with Gasteiger partial charge in [-0.25, -0.2) is 5.43 Å². The van der Waals surface area contributed by atoms with Crippen molar-refractivity contribution in [3.05, 3.63) is 58.6 Å². The van der Waals surface area contributed by atoms with Crippen molar-refractivity contribution in [1.29, 1.82) is 0 Å². The normalized spacial score (nSPS) is 10.9. The van der Waals surface area contributed by atoms with Crippen LogP contribution in [0.25, 0.3) is 0 Å². The van der Waals surface area contributed by atoms with E-state index in [1.54, 1.807) is 37.3 Å². The molecule has 0 spiro atoms. The second kappa shape index (κ2) is 10.3. The standard InChI is InChI=1S/C20H22ClN3O4/c1-13(10-19(25)22-12-14-4-6-15(21)7-5-14)23-24-20(26)17-9-8-16(27-2)11-18(17)28-3/h4-9,11H,10,12H2,1-3H3,(H,22,25)(H,24,26)/b23-13-. The van der Waals surface area contributed by atoms with Crippen LogP contribution in [0.15, 0.2) is 47.6 Å². The highest BCUT2D eigenvalue weighted by molar-refractivity contribution is 6.30. The summed E-state index contributed by atoms with van der Waals surface area (Å²) in [5.41, 5.74) is 4.15. The quantitative estimate of drug-likeness (QED) is 0.523. The Morgan fingerprint density at radius 1 is 1.07 bits per heavy atom. The highest BCUT2D eigenvalue weighted by Crippen LogP contribution is 2.24. The van der Waals surface area contributed by atoms with Gasteiger partial charge in [-0.2, -0.15) is 5.10 Å². The summed E-state index contributed by atoms with van der Waals surface area (Å²) in [5.74, 6) is 0.295. The predicted octanol–water partition coefficient (Wildman–Crippen LogP) is 3.17. The van der Waals surface area contributed by atoms with E-state index >= 15 is 0 Å². The molecule has 2 amide bonds. The van der Waals surface area contributed by atoms with Gasteiger partial charge in [0.15, 0.2) is 0 Å². The van der Waals surface area contributed by atoms with Crippen LogP contribution < -0.4 is 20.2 Å². The van der Waals surface area contributed by atoms with E-state index in [2.05, 4.69) is 15.8 Å². The van der Waals surface area contributed by atoms with E-state index in [1.807, 2.05) is 12.1 Å². The number of carbonyl (C=O) groups excluding carboxylic acids is 2. The lowest BCUT2D eigenvalue weighted by Gasteiger charge is -2.09. The van der Waals surface area contributed by atoms with Crippen LogP contribution in [-0.2, 0) is 11.3 Å². The summed E-state index contributed by atoms with van der Waals surface area (Å²) in [7, 11) is 2.99.